The molecule has 0 aliphatic rings. The van der Waals surface area contributed by atoms with Crippen molar-refractivity contribution in [2.24, 2.45) is 5.73 Å². The molecule has 0 radical (unpaired) electrons. The van der Waals surface area contributed by atoms with Gasteiger partial charge in [0.1, 0.15) is 6.54 Å². The van der Waals surface area contributed by atoms with Crippen molar-refractivity contribution in [3.05, 3.63) is 33.2 Å². The van der Waals surface area contributed by atoms with Gasteiger partial charge in [-0.3, -0.25) is 14.4 Å². The lowest BCUT2D eigenvalue weighted by Crippen LogP contribution is -2.42. The number of nitrogens with zero attached hydrogens (tertiary/aromatic N) is 1. The Morgan fingerprint density at radius 2 is 1.88 bits per heavy atom. The highest BCUT2D eigenvalue weighted by atomic mass is 16.2. The average Bonchev–Trinajstić information content (AvgIpc) is 2.54. The summed E-state index contributed by atoms with van der Waals surface area (Å²) in [5.41, 5.74) is 6.97. The van der Waals surface area contributed by atoms with E-state index in [1.807, 2.05) is 13.8 Å². The third-order valence-corrected chi connectivity index (χ3v) is 4.27. The quantitative estimate of drug-likeness (QED) is 0.613. The molecule has 4 N–H and O–H groups in total. The van der Waals surface area contributed by atoms with Crippen LogP contribution in [0.1, 0.15) is 61.6 Å². The number of hydrogen-bond donors (Lipinski definition) is 3. The molecule has 7 nitrogen and oxygen atoms in total. The van der Waals surface area contributed by atoms with Gasteiger partial charge in [-0.05, 0) is 39.7 Å². The van der Waals surface area contributed by atoms with Crippen LogP contribution in [0.2, 0.25) is 0 Å². The molecule has 0 saturated carbocycles. The predicted molar refractivity (Wildman–Crippen MR) is 103 cm³/mol. The van der Waals surface area contributed by atoms with Crippen molar-refractivity contribution in [1.82, 2.24) is 15.2 Å². The van der Waals surface area contributed by atoms with Crippen LogP contribution >= 0.6 is 0 Å². The molecule has 0 saturated heterocycles. The van der Waals surface area contributed by atoms with Crippen molar-refractivity contribution in [2.45, 2.75) is 72.5 Å². The summed E-state index contributed by atoms with van der Waals surface area (Å²) >= 11 is 0. The van der Waals surface area contributed by atoms with Gasteiger partial charge in [0, 0.05) is 30.4 Å². The van der Waals surface area contributed by atoms with Crippen LogP contribution in [-0.4, -0.2) is 35.0 Å². The first-order chi connectivity index (χ1) is 12.2. The number of carbonyl (C=O) groups is 2. The van der Waals surface area contributed by atoms with Gasteiger partial charge in [-0.1, -0.05) is 19.8 Å². The Morgan fingerprint density at radius 1 is 1.23 bits per heavy atom. The fourth-order valence-corrected chi connectivity index (χ4v) is 2.93. The zero-order valence-electron chi connectivity index (χ0n) is 16.5. The number of aromatic nitrogens is 1. The number of pyridine rings is 1. The van der Waals surface area contributed by atoms with Gasteiger partial charge < -0.3 is 20.9 Å². The van der Waals surface area contributed by atoms with E-state index in [4.69, 9.17) is 5.73 Å². The second kappa shape index (κ2) is 10.1. The first-order valence-corrected chi connectivity index (χ1v) is 9.22. The Kier molecular flexibility index (Phi) is 8.51. The molecular formula is C19H32N4O3. The second-order valence-corrected chi connectivity index (χ2v) is 6.98. The molecule has 7 heteroatoms. The summed E-state index contributed by atoms with van der Waals surface area (Å²) < 4.78 is 1.34. The smallest absolute Gasteiger partial charge is 0.253 e. The van der Waals surface area contributed by atoms with Crippen LogP contribution in [0.25, 0.3) is 0 Å². The van der Waals surface area contributed by atoms with E-state index >= 15 is 0 Å². The van der Waals surface area contributed by atoms with E-state index in [1.165, 1.54) is 10.6 Å². The summed E-state index contributed by atoms with van der Waals surface area (Å²) in [6.45, 7) is 9.46. The van der Waals surface area contributed by atoms with Crippen molar-refractivity contribution in [1.29, 1.82) is 0 Å². The minimum Gasteiger partial charge on any atom is -0.352 e. The van der Waals surface area contributed by atoms with Gasteiger partial charge in [-0.2, -0.15) is 0 Å². The van der Waals surface area contributed by atoms with Gasteiger partial charge in [-0.15, -0.1) is 0 Å². The Balaban J connectivity index is 3.11. The summed E-state index contributed by atoms with van der Waals surface area (Å²) in [7, 11) is 0. The van der Waals surface area contributed by atoms with E-state index in [2.05, 4.69) is 17.6 Å². The van der Waals surface area contributed by atoms with E-state index < -0.39 is 0 Å². The molecule has 0 spiro atoms. The fourth-order valence-electron chi connectivity index (χ4n) is 2.93. The average molecular weight is 364 g/mol. The zero-order chi connectivity index (χ0) is 19.9. The van der Waals surface area contributed by atoms with E-state index in [1.54, 1.807) is 13.8 Å². The number of nitrogens with one attached hydrogen (secondary N) is 2. The molecule has 1 aromatic heterocycles. The Hall–Kier alpha value is -2.15. The number of aryl methyl sites for hydroxylation is 1. The normalized spacial score (nSPS) is 12.1. The van der Waals surface area contributed by atoms with E-state index in [0.717, 1.165) is 19.3 Å². The molecule has 1 aromatic rings. The van der Waals surface area contributed by atoms with Crippen molar-refractivity contribution in [2.75, 3.05) is 6.54 Å². The molecule has 146 valence electrons. The number of amides is 2. The van der Waals surface area contributed by atoms with Crippen LogP contribution < -0.4 is 21.9 Å². The van der Waals surface area contributed by atoms with Crippen molar-refractivity contribution in [3.63, 3.8) is 0 Å². The van der Waals surface area contributed by atoms with Gasteiger partial charge in [-0.25, -0.2) is 0 Å². The topological polar surface area (TPSA) is 106 Å². The van der Waals surface area contributed by atoms with Crippen LogP contribution in [0.5, 0.6) is 0 Å². The standard InChI is InChI=1S/C19H32N4O3/c1-6-7-8-15(10-20)22-19(26)18-13(4)9-17(25)23(14(18)5)11-16(24)21-12(2)3/h9,12,15H,6-8,10-11,20H2,1-5H3,(H,21,24)(H,22,26). The molecule has 1 heterocycles. The highest BCUT2D eigenvalue weighted by Crippen LogP contribution is 2.12. The molecule has 1 rings (SSSR count). The Labute approximate surface area is 155 Å². The van der Waals surface area contributed by atoms with E-state index in [0.29, 0.717) is 23.4 Å². The van der Waals surface area contributed by atoms with Crippen molar-refractivity contribution >= 4 is 11.8 Å². The maximum Gasteiger partial charge on any atom is 0.253 e. The molecule has 1 atom stereocenters. The van der Waals surface area contributed by atoms with Crippen LogP contribution in [-0.2, 0) is 11.3 Å². The van der Waals surface area contributed by atoms with Gasteiger partial charge >= 0.3 is 0 Å². The number of nitrogens with two attached hydrogens (primary N) is 1. The number of carbonyl (C=O) groups excluding carboxylic acids is 2. The minimum atomic E-state index is -0.295. The zero-order valence-corrected chi connectivity index (χ0v) is 16.5. The summed E-state index contributed by atoms with van der Waals surface area (Å²) in [6.07, 6.45) is 2.82. The lowest BCUT2D eigenvalue weighted by Gasteiger charge is -2.20. The molecule has 0 aliphatic heterocycles. The lowest BCUT2D eigenvalue weighted by molar-refractivity contribution is -0.122. The fraction of sp³-hybridized carbons (Fsp3) is 0.632. The summed E-state index contributed by atoms with van der Waals surface area (Å²) in [5.74, 6) is -0.521. The van der Waals surface area contributed by atoms with Crippen LogP contribution in [0.15, 0.2) is 10.9 Å². The lowest BCUT2D eigenvalue weighted by atomic mass is 10.0. The first-order valence-electron chi connectivity index (χ1n) is 9.22. The van der Waals surface area contributed by atoms with Crippen molar-refractivity contribution in [3.8, 4) is 0 Å². The highest BCUT2D eigenvalue weighted by Gasteiger charge is 2.20. The highest BCUT2D eigenvalue weighted by molar-refractivity contribution is 5.97. The van der Waals surface area contributed by atoms with Gasteiger partial charge in [0.25, 0.3) is 11.5 Å². The SMILES string of the molecule is CCCCC(CN)NC(=O)c1c(C)cc(=O)n(CC(=O)NC(C)C)c1C. The van der Waals surface area contributed by atoms with Crippen LogP contribution in [0.4, 0.5) is 0 Å². The monoisotopic (exact) mass is 364 g/mol. The largest absolute Gasteiger partial charge is 0.352 e. The van der Waals surface area contributed by atoms with Gasteiger partial charge in [0.05, 0.1) is 5.56 Å². The molecule has 0 bridgehead atoms. The second-order valence-electron chi connectivity index (χ2n) is 6.98. The van der Waals surface area contributed by atoms with Gasteiger partial charge in [0.2, 0.25) is 5.91 Å². The van der Waals surface area contributed by atoms with Crippen LogP contribution in [0.3, 0.4) is 0 Å². The Bertz CT molecular complexity index is 695. The summed E-state index contributed by atoms with van der Waals surface area (Å²) in [4.78, 5) is 37.1. The number of unbranched alkanes of at least 4 members (excludes halogenated alkanes) is 1. The van der Waals surface area contributed by atoms with E-state index in [9.17, 15) is 14.4 Å². The predicted octanol–water partition coefficient (Wildman–Crippen LogP) is 1.24. The number of rotatable bonds is 9. The molecular weight excluding hydrogens is 332 g/mol. The third kappa shape index (κ3) is 5.98. The Morgan fingerprint density at radius 3 is 2.42 bits per heavy atom. The minimum absolute atomic E-state index is 0.0180. The molecule has 0 aliphatic carbocycles. The molecule has 1 unspecified atom stereocenters. The summed E-state index contributed by atoms with van der Waals surface area (Å²) in [5, 5.41) is 5.71. The molecule has 0 aromatic carbocycles. The maximum atomic E-state index is 12.8. The molecule has 26 heavy (non-hydrogen) atoms. The molecule has 2 amide bonds. The van der Waals surface area contributed by atoms with Crippen molar-refractivity contribution < 1.29 is 9.59 Å². The van der Waals surface area contributed by atoms with Crippen LogP contribution in [0, 0.1) is 13.8 Å². The summed E-state index contributed by atoms with van der Waals surface area (Å²) in [6, 6.07) is 1.27. The first kappa shape index (κ1) is 21.9. The van der Waals surface area contributed by atoms with E-state index in [-0.39, 0.29) is 36.0 Å². The third-order valence-electron chi connectivity index (χ3n) is 4.27. The van der Waals surface area contributed by atoms with Gasteiger partial charge in [0.15, 0.2) is 0 Å². The number of hydrogen-bond acceptors (Lipinski definition) is 4. The molecule has 0 fully saturated rings. The maximum absolute atomic E-state index is 12.8.